The van der Waals surface area contributed by atoms with Crippen LogP contribution in [0.5, 0.6) is 0 Å². The molecule has 0 unspecified atom stereocenters. The van der Waals surface area contributed by atoms with Crippen LogP contribution in [-0.2, 0) is 19.1 Å². The van der Waals surface area contributed by atoms with Gasteiger partial charge in [0.05, 0.1) is 31.7 Å². The van der Waals surface area contributed by atoms with Crippen LogP contribution in [0.4, 0.5) is 5.69 Å². The van der Waals surface area contributed by atoms with Crippen LogP contribution in [0.1, 0.15) is 22.3 Å². The summed E-state index contributed by atoms with van der Waals surface area (Å²) in [4.78, 5) is 36.1. The number of anilines is 1. The Morgan fingerprint density at radius 3 is 2.27 bits per heavy atom. The van der Waals surface area contributed by atoms with Gasteiger partial charge in [-0.2, -0.15) is 10.1 Å². The molecule has 0 aliphatic heterocycles. The summed E-state index contributed by atoms with van der Waals surface area (Å²) in [5.74, 6) is -1.96. The van der Waals surface area contributed by atoms with Crippen molar-refractivity contribution in [2.24, 2.45) is 5.10 Å². The van der Waals surface area contributed by atoms with Gasteiger partial charge in [0.25, 0.3) is 5.91 Å². The van der Waals surface area contributed by atoms with Crippen LogP contribution in [-0.4, -0.2) is 38.3 Å². The van der Waals surface area contributed by atoms with Crippen molar-refractivity contribution in [3.05, 3.63) is 65.7 Å². The van der Waals surface area contributed by atoms with E-state index in [0.29, 0.717) is 0 Å². The summed E-state index contributed by atoms with van der Waals surface area (Å²) in [6, 6.07) is 15.5. The lowest BCUT2D eigenvalue weighted by atomic mass is 10.1. The van der Waals surface area contributed by atoms with E-state index in [4.69, 9.17) is 4.74 Å². The highest BCUT2D eigenvalue weighted by molar-refractivity contribution is 6.07. The molecule has 0 atom stereocenters. The van der Waals surface area contributed by atoms with E-state index in [-0.39, 0.29) is 11.3 Å². The molecular weight excluding hydrogens is 336 g/mol. The van der Waals surface area contributed by atoms with E-state index in [2.05, 4.69) is 9.84 Å². The SMILES string of the molecule is COC(=O)CC(=O)N(/N=C/c1ccccc1)c1ccccc1C(=O)OC. The Kier molecular flexibility index (Phi) is 6.61. The number of methoxy groups -OCH3 is 2. The summed E-state index contributed by atoms with van der Waals surface area (Å²) in [5.41, 5.74) is 1.11. The molecule has 1 amide bonds. The molecule has 2 aromatic carbocycles. The molecule has 0 aliphatic carbocycles. The lowest BCUT2D eigenvalue weighted by Crippen LogP contribution is -2.29. The summed E-state index contributed by atoms with van der Waals surface area (Å²) in [6.07, 6.45) is 0.946. The Hall–Kier alpha value is -3.48. The highest BCUT2D eigenvalue weighted by Gasteiger charge is 2.23. The third-order valence-electron chi connectivity index (χ3n) is 3.42. The highest BCUT2D eigenvalue weighted by atomic mass is 16.5. The summed E-state index contributed by atoms with van der Waals surface area (Å²) >= 11 is 0. The number of ether oxygens (including phenoxy) is 2. The van der Waals surface area contributed by atoms with Gasteiger partial charge in [0, 0.05) is 0 Å². The molecule has 0 spiro atoms. The van der Waals surface area contributed by atoms with Crippen molar-refractivity contribution in [3.63, 3.8) is 0 Å². The van der Waals surface area contributed by atoms with Crippen LogP contribution in [0.2, 0.25) is 0 Å². The van der Waals surface area contributed by atoms with Gasteiger partial charge in [-0.25, -0.2) is 4.79 Å². The Bertz CT molecular complexity index is 818. The first-order valence-electron chi connectivity index (χ1n) is 7.73. The zero-order valence-corrected chi connectivity index (χ0v) is 14.4. The van der Waals surface area contributed by atoms with Gasteiger partial charge in [-0.15, -0.1) is 0 Å². The standard InChI is InChI=1S/C19H18N2O5/c1-25-18(23)12-17(22)21(20-13-14-8-4-3-5-9-14)16-11-7-6-10-15(16)19(24)26-2/h3-11,13H,12H2,1-2H3/b20-13+. The number of rotatable bonds is 6. The zero-order chi connectivity index (χ0) is 18.9. The second kappa shape index (κ2) is 9.12. The monoisotopic (exact) mass is 354 g/mol. The van der Waals surface area contributed by atoms with Crippen molar-refractivity contribution in [2.45, 2.75) is 6.42 Å². The number of hydrazone groups is 1. The van der Waals surface area contributed by atoms with Gasteiger partial charge in [-0.3, -0.25) is 9.59 Å². The Morgan fingerprint density at radius 2 is 1.62 bits per heavy atom. The van der Waals surface area contributed by atoms with Gasteiger partial charge in [0.2, 0.25) is 0 Å². The number of nitrogens with zero attached hydrogens (tertiary/aromatic N) is 2. The minimum atomic E-state index is -0.703. The molecule has 134 valence electrons. The number of para-hydroxylation sites is 1. The molecular formula is C19H18N2O5. The van der Waals surface area contributed by atoms with Crippen LogP contribution in [0.25, 0.3) is 0 Å². The van der Waals surface area contributed by atoms with Gasteiger partial charge in [0.15, 0.2) is 0 Å². The van der Waals surface area contributed by atoms with Crippen LogP contribution < -0.4 is 5.01 Å². The van der Waals surface area contributed by atoms with Crippen molar-refractivity contribution < 1.29 is 23.9 Å². The molecule has 0 saturated heterocycles. The second-order valence-corrected chi connectivity index (χ2v) is 5.12. The molecule has 26 heavy (non-hydrogen) atoms. The summed E-state index contributed by atoms with van der Waals surface area (Å²) < 4.78 is 9.29. The molecule has 0 heterocycles. The molecule has 7 nitrogen and oxygen atoms in total. The van der Waals surface area contributed by atoms with Crippen molar-refractivity contribution in [1.82, 2.24) is 0 Å². The van der Waals surface area contributed by atoms with Gasteiger partial charge in [-0.1, -0.05) is 42.5 Å². The van der Waals surface area contributed by atoms with Crippen LogP contribution in [0, 0.1) is 0 Å². The van der Waals surface area contributed by atoms with Crippen molar-refractivity contribution >= 4 is 29.7 Å². The van der Waals surface area contributed by atoms with Crippen LogP contribution in [0.3, 0.4) is 0 Å². The number of esters is 2. The molecule has 2 rings (SSSR count). The van der Waals surface area contributed by atoms with E-state index in [1.807, 2.05) is 18.2 Å². The van der Waals surface area contributed by atoms with Crippen molar-refractivity contribution in [3.8, 4) is 0 Å². The minimum absolute atomic E-state index is 0.151. The van der Waals surface area contributed by atoms with E-state index in [1.54, 1.807) is 30.3 Å². The summed E-state index contributed by atoms with van der Waals surface area (Å²) in [7, 11) is 2.43. The first-order chi connectivity index (χ1) is 12.6. The normalized spacial score (nSPS) is 10.4. The van der Waals surface area contributed by atoms with E-state index >= 15 is 0 Å². The molecule has 0 aromatic heterocycles. The molecule has 0 bridgehead atoms. The second-order valence-electron chi connectivity index (χ2n) is 5.12. The molecule has 0 fully saturated rings. The quantitative estimate of drug-likeness (QED) is 0.344. The largest absolute Gasteiger partial charge is 0.469 e. The predicted octanol–water partition coefficient (Wildman–Crippen LogP) is 2.40. The van der Waals surface area contributed by atoms with E-state index in [0.717, 1.165) is 10.6 Å². The van der Waals surface area contributed by atoms with Gasteiger partial charge in [-0.05, 0) is 17.7 Å². The molecule has 0 aliphatic rings. The minimum Gasteiger partial charge on any atom is -0.469 e. The average Bonchev–Trinajstić information content (AvgIpc) is 2.68. The predicted molar refractivity (Wildman–Crippen MR) is 95.9 cm³/mol. The Labute approximate surface area is 150 Å². The summed E-state index contributed by atoms with van der Waals surface area (Å²) in [5, 5.41) is 5.17. The lowest BCUT2D eigenvalue weighted by molar-refractivity contribution is -0.143. The molecule has 0 N–H and O–H groups in total. The molecule has 0 radical (unpaired) electrons. The zero-order valence-electron chi connectivity index (χ0n) is 14.4. The number of hydrogen-bond acceptors (Lipinski definition) is 6. The van der Waals surface area contributed by atoms with Crippen molar-refractivity contribution in [1.29, 1.82) is 0 Å². The fourth-order valence-corrected chi connectivity index (χ4v) is 2.14. The number of benzene rings is 2. The Balaban J connectivity index is 2.44. The van der Waals surface area contributed by atoms with Gasteiger partial charge in [0.1, 0.15) is 6.42 Å². The number of carbonyl (C=O) groups excluding carboxylic acids is 3. The maximum Gasteiger partial charge on any atom is 0.340 e. The molecule has 2 aromatic rings. The van der Waals surface area contributed by atoms with E-state index in [9.17, 15) is 14.4 Å². The highest BCUT2D eigenvalue weighted by Crippen LogP contribution is 2.23. The maximum absolute atomic E-state index is 12.6. The molecule has 7 heteroatoms. The first kappa shape index (κ1) is 18.9. The van der Waals surface area contributed by atoms with Gasteiger partial charge < -0.3 is 9.47 Å². The fourth-order valence-electron chi connectivity index (χ4n) is 2.14. The topological polar surface area (TPSA) is 85.3 Å². The lowest BCUT2D eigenvalue weighted by Gasteiger charge is -2.19. The third kappa shape index (κ3) is 4.76. The van der Waals surface area contributed by atoms with Crippen molar-refractivity contribution in [2.75, 3.05) is 19.2 Å². The Morgan fingerprint density at radius 1 is 0.962 bits per heavy atom. The van der Waals surface area contributed by atoms with Crippen LogP contribution >= 0.6 is 0 Å². The third-order valence-corrected chi connectivity index (χ3v) is 3.42. The molecule has 0 saturated carbocycles. The maximum atomic E-state index is 12.6. The number of carbonyl (C=O) groups is 3. The summed E-state index contributed by atoms with van der Waals surface area (Å²) in [6.45, 7) is 0. The first-order valence-corrected chi connectivity index (χ1v) is 7.73. The fraction of sp³-hybridized carbons (Fsp3) is 0.158. The average molecular weight is 354 g/mol. The smallest absolute Gasteiger partial charge is 0.340 e. The van der Waals surface area contributed by atoms with E-state index < -0.39 is 24.3 Å². The number of hydrogen-bond donors (Lipinski definition) is 0. The van der Waals surface area contributed by atoms with Crippen LogP contribution in [0.15, 0.2) is 59.7 Å². The van der Waals surface area contributed by atoms with Gasteiger partial charge >= 0.3 is 11.9 Å². The van der Waals surface area contributed by atoms with E-state index in [1.165, 1.54) is 26.5 Å². The number of amides is 1.